The zero-order valence-electron chi connectivity index (χ0n) is 17.6. The lowest BCUT2D eigenvalue weighted by molar-refractivity contribution is -0.165. The Morgan fingerprint density at radius 2 is 1.76 bits per heavy atom. The molecule has 3 rings (SSSR count). The molecule has 1 aromatic carbocycles. The predicted molar refractivity (Wildman–Crippen MR) is 116 cm³/mol. The molecule has 1 atom stereocenters. The summed E-state index contributed by atoms with van der Waals surface area (Å²) in [6.45, 7) is 6.02. The van der Waals surface area contributed by atoms with Crippen LogP contribution < -0.4 is 0 Å². The van der Waals surface area contributed by atoms with Crippen LogP contribution in [0, 0.1) is 10.8 Å². The van der Waals surface area contributed by atoms with Gasteiger partial charge in [0.05, 0.1) is 12.0 Å². The summed E-state index contributed by atoms with van der Waals surface area (Å²) >= 11 is 3.50. The molecule has 29 heavy (non-hydrogen) atoms. The van der Waals surface area contributed by atoms with Gasteiger partial charge in [0, 0.05) is 10.4 Å². The number of allylic oxidation sites excluding steroid dienone is 1. The summed E-state index contributed by atoms with van der Waals surface area (Å²) < 4.78 is 12.4. The Labute approximate surface area is 182 Å². The maximum Gasteiger partial charge on any atom is 0.319 e. The SMILES string of the molecule is CCOC(=O)C(CC)(CC)C1=CC(c2ccc(Br)cc2)C2(CCCCC2)C(=O)O1. The minimum Gasteiger partial charge on any atom is -0.465 e. The van der Waals surface area contributed by atoms with E-state index in [9.17, 15) is 9.59 Å². The van der Waals surface area contributed by atoms with Crippen molar-refractivity contribution in [3.8, 4) is 0 Å². The van der Waals surface area contributed by atoms with Gasteiger partial charge >= 0.3 is 11.9 Å². The van der Waals surface area contributed by atoms with Crippen molar-refractivity contribution in [3.63, 3.8) is 0 Å². The maximum atomic E-state index is 13.5. The highest BCUT2D eigenvalue weighted by molar-refractivity contribution is 9.10. The summed E-state index contributed by atoms with van der Waals surface area (Å²) in [5.74, 6) is -0.120. The summed E-state index contributed by atoms with van der Waals surface area (Å²) in [5.41, 5.74) is -0.373. The Balaban J connectivity index is 2.13. The van der Waals surface area contributed by atoms with Gasteiger partial charge in [0.1, 0.15) is 11.2 Å². The normalized spacial score (nSPS) is 21.4. The summed E-state index contributed by atoms with van der Waals surface area (Å²) in [6, 6.07) is 8.17. The van der Waals surface area contributed by atoms with E-state index in [-0.39, 0.29) is 17.9 Å². The molecule has 1 unspecified atom stereocenters. The van der Waals surface area contributed by atoms with Crippen LogP contribution in [0.3, 0.4) is 0 Å². The second-order valence-corrected chi connectivity index (χ2v) is 9.09. The minimum atomic E-state index is -0.921. The van der Waals surface area contributed by atoms with Crippen molar-refractivity contribution in [1.29, 1.82) is 0 Å². The third kappa shape index (κ3) is 3.90. The summed E-state index contributed by atoms with van der Waals surface area (Å²) in [4.78, 5) is 26.4. The molecule has 1 fully saturated rings. The van der Waals surface area contributed by atoms with Crippen LogP contribution in [0.1, 0.15) is 77.2 Å². The minimum absolute atomic E-state index is 0.0981. The molecule has 0 amide bonds. The molecular weight excluding hydrogens is 432 g/mol. The fourth-order valence-electron chi connectivity index (χ4n) is 4.97. The lowest BCUT2D eigenvalue weighted by Crippen LogP contribution is -2.46. The first-order valence-electron chi connectivity index (χ1n) is 10.8. The average Bonchev–Trinajstić information content (AvgIpc) is 2.73. The van der Waals surface area contributed by atoms with E-state index in [2.05, 4.69) is 34.1 Å². The van der Waals surface area contributed by atoms with Crippen LogP contribution >= 0.6 is 15.9 Å². The van der Waals surface area contributed by atoms with Gasteiger partial charge in [-0.15, -0.1) is 0 Å². The second kappa shape index (κ2) is 9.03. The highest BCUT2D eigenvalue weighted by atomic mass is 79.9. The van der Waals surface area contributed by atoms with Gasteiger partial charge < -0.3 is 9.47 Å². The van der Waals surface area contributed by atoms with Gasteiger partial charge in [-0.05, 0) is 56.4 Å². The second-order valence-electron chi connectivity index (χ2n) is 8.18. The number of halogens is 1. The number of carbonyl (C=O) groups is 2. The Bertz CT molecular complexity index is 771. The first kappa shape index (κ1) is 22.1. The Hall–Kier alpha value is -1.62. The first-order valence-corrected chi connectivity index (χ1v) is 11.6. The van der Waals surface area contributed by atoms with E-state index < -0.39 is 10.8 Å². The van der Waals surface area contributed by atoms with Crippen LogP contribution in [0.4, 0.5) is 0 Å². The van der Waals surface area contributed by atoms with Gasteiger partial charge in [-0.3, -0.25) is 9.59 Å². The standard InChI is InChI=1S/C24H31BrO4/c1-4-23(5-2,21(26)28-6-3)20-16-19(17-10-12-18(25)13-11-17)24(22(27)29-20)14-8-7-9-15-24/h10-13,16,19H,4-9,14-15H2,1-3H3. The molecular formula is C24H31BrO4. The first-order chi connectivity index (χ1) is 13.9. The number of hydrogen-bond acceptors (Lipinski definition) is 4. The smallest absolute Gasteiger partial charge is 0.319 e. The lowest BCUT2D eigenvalue weighted by Gasteiger charge is -2.45. The fourth-order valence-corrected chi connectivity index (χ4v) is 5.24. The zero-order chi connectivity index (χ0) is 21.1. The van der Waals surface area contributed by atoms with Crippen LogP contribution in [0.2, 0.25) is 0 Å². The predicted octanol–water partition coefficient (Wildman–Crippen LogP) is 6.29. The highest BCUT2D eigenvalue weighted by Gasteiger charge is 2.54. The number of hydrogen-bond donors (Lipinski definition) is 0. The third-order valence-electron chi connectivity index (χ3n) is 6.84. The van der Waals surface area contributed by atoms with E-state index in [1.165, 1.54) is 0 Å². The molecule has 1 heterocycles. The van der Waals surface area contributed by atoms with Gasteiger partial charge in [-0.1, -0.05) is 61.2 Å². The zero-order valence-corrected chi connectivity index (χ0v) is 19.2. The highest BCUT2D eigenvalue weighted by Crippen LogP contribution is 2.54. The number of benzene rings is 1. The third-order valence-corrected chi connectivity index (χ3v) is 7.37. The van der Waals surface area contributed by atoms with Crippen LogP contribution in [-0.4, -0.2) is 18.5 Å². The molecule has 1 aliphatic carbocycles. The molecule has 1 aromatic rings. The Morgan fingerprint density at radius 1 is 1.14 bits per heavy atom. The van der Waals surface area contributed by atoms with E-state index in [0.717, 1.165) is 42.1 Å². The van der Waals surface area contributed by atoms with Crippen LogP contribution in [0.5, 0.6) is 0 Å². The van der Waals surface area contributed by atoms with Gasteiger partial charge in [-0.25, -0.2) is 0 Å². The summed E-state index contributed by atoms with van der Waals surface area (Å²) in [7, 11) is 0. The molecule has 0 radical (unpaired) electrons. The van der Waals surface area contributed by atoms with Crippen molar-refractivity contribution in [3.05, 3.63) is 46.1 Å². The van der Waals surface area contributed by atoms with Gasteiger partial charge in [-0.2, -0.15) is 0 Å². The van der Waals surface area contributed by atoms with E-state index >= 15 is 0 Å². The quantitative estimate of drug-likeness (QED) is 0.465. The molecule has 2 aliphatic rings. The topological polar surface area (TPSA) is 52.6 Å². The number of carbonyl (C=O) groups excluding carboxylic acids is 2. The maximum absolute atomic E-state index is 13.5. The van der Waals surface area contributed by atoms with E-state index in [1.807, 2.05) is 26.0 Å². The molecule has 0 bridgehead atoms. The molecule has 4 nitrogen and oxygen atoms in total. The molecule has 5 heteroatoms. The van der Waals surface area contributed by atoms with Crippen LogP contribution in [0.25, 0.3) is 0 Å². The van der Waals surface area contributed by atoms with Gasteiger partial charge in [0.25, 0.3) is 0 Å². The summed E-state index contributed by atoms with van der Waals surface area (Å²) in [5, 5.41) is 0. The number of ether oxygens (including phenoxy) is 2. The van der Waals surface area contributed by atoms with Crippen molar-refractivity contribution in [2.45, 2.75) is 71.6 Å². The average molecular weight is 463 g/mol. The molecule has 1 aliphatic heterocycles. The molecule has 1 spiro atoms. The number of esters is 2. The summed E-state index contributed by atoms with van der Waals surface area (Å²) in [6.07, 6.45) is 7.95. The van der Waals surface area contributed by atoms with E-state index in [4.69, 9.17) is 9.47 Å². The monoisotopic (exact) mass is 462 g/mol. The van der Waals surface area contributed by atoms with Crippen molar-refractivity contribution < 1.29 is 19.1 Å². The Kier molecular flexibility index (Phi) is 6.87. The molecule has 1 saturated carbocycles. The Morgan fingerprint density at radius 3 is 2.31 bits per heavy atom. The van der Waals surface area contributed by atoms with Crippen LogP contribution in [0.15, 0.2) is 40.6 Å². The van der Waals surface area contributed by atoms with Crippen LogP contribution in [-0.2, 0) is 19.1 Å². The van der Waals surface area contributed by atoms with Crippen molar-refractivity contribution >= 4 is 27.9 Å². The van der Waals surface area contributed by atoms with Gasteiger partial charge in [0.15, 0.2) is 0 Å². The van der Waals surface area contributed by atoms with Crippen molar-refractivity contribution in [1.82, 2.24) is 0 Å². The molecule has 0 N–H and O–H groups in total. The molecule has 0 saturated heterocycles. The van der Waals surface area contributed by atoms with Gasteiger partial charge in [0.2, 0.25) is 0 Å². The number of rotatable bonds is 6. The molecule has 158 valence electrons. The fraction of sp³-hybridized carbons (Fsp3) is 0.583. The molecule has 0 aromatic heterocycles. The van der Waals surface area contributed by atoms with Crippen molar-refractivity contribution in [2.75, 3.05) is 6.61 Å². The number of cyclic esters (lactones) is 1. The van der Waals surface area contributed by atoms with E-state index in [1.54, 1.807) is 6.92 Å². The van der Waals surface area contributed by atoms with Crippen molar-refractivity contribution in [2.24, 2.45) is 10.8 Å². The largest absolute Gasteiger partial charge is 0.465 e. The van der Waals surface area contributed by atoms with E-state index in [0.29, 0.717) is 25.2 Å². The lowest BCUT2D eigenvalue weighted by atomic mass is 9.61.